The Balaban J connectivity index is 1.26. The Kier molecular flexibility index (Phi) is 8.37. The molecular formula is C29H36ClN5O6. The lowest BCUT2D eigenvalue weighted by atomic mass is 10.0. The Labute approximate surface area is 244 Å². The number of fused-ring (bicyclic) bond motifs is 1. The van der Waals surface area contributed by atoms with Gasteiger partial charge in [-0.1, -0.05) is 13.8 Å². The second-order valence-corrected chi connectivity index (χ2v) is 12.0. The number of likely N-dealkylation sites (N-methyl/N-ethyl adjacent to an activating group) is 1. The van der Waals surface area contributed by atoms with Gasteiger partial charge in [0.15, 0.2) is 11.0 Å². The molecule has 4 unspecified atom stereocenters. The minimum atomic E-state index is -1.41. The van der Waals surface area contributed by atoms with E-state index in [4.69, 9.17) is 16.3 Å². The van der Waals surface area contributed by atoms with Crippen molar-refractivity contribution in [1.82, 2.24) is 20.0 Å². The maximum absolute atomic E-state index is 13.8. The van der Waals surface area contributed by atoms with Gasteiger partial charge in [0.05, 0.1) is 12.6 Å². The Bertz CT molecular complexity index is 1260. The van der Waals surface area contributed by atoms with Crippen molar-refractivity contribution < 1.29 is 28.7 Å². The average molecular weight is 586 g/mol. The van der Waals surface area contributed by atoms with Crippen LogP contribution in [0.5, 0.6) is 0 Å². The van der Waals surface area contributed by atoms with Crippen LogP contribution in [0.25, 0.3) is 0 Å². The van der Waals surface area contributed by atoms with Crippen LogP contribution in [0.3, 0.4) is 0 Å². The highest BCUT2D eigenvalue weighted by Gasteiger charge is 2.54. The number of Topliss-reactive ketones (excluding diaryl/α,β-unsaturated/α-hetero) is 1. The van der Waals surface area contributed by atoms with E-state index < -0.39 is 35.9 Å². The summed E-state index contributed by atoms with van der Waals surface area (Å²) in [5, 5.41) is 2.73. The molecule has 3 saturated heterocycles. The Hall–Kier alpha value is -3.44. The van der Waals surface area contributed by atoms with Gasteiger partial charge in [0.25, 0.3) is 11.8 Å². The number of anilines is 1. The van der Waals surface area contributed by atoms with Gasteiger partial charge in [0.1, 0.15) is 12.1 Å². The fraction of sp³-hybridized carbons (Fsp3) is 0.552. The molecule has 5 rings (SSSR count). The number of halogens is 1. The number of hydrogen-bond donors (Lipinski definition) is 1. The molecule has 12 heteroatoms. The molecule has 3 amide bonds. The maximum atomic E-state index is 13.8. The van der Waals surface area contributed by atoms with Crippen molar-refractivity contribution in [2.75, 3.05) is 51.2 Å². The van der Waals surface area contributed by atoms with Crippen LogP contribution in [0.15, 0.2) is 35.6 Å². The smallest absolute Gasteiger partial charge is 0.272 e. The molecular weight excluding hydrogens is 550 g/mol. The zero-order valence-electron chi connectivity index (χ0n) is 23.5. The summed E-state index contributed by atoms with van der Waals surface area (Å²) in [6.07, 6.45) is 0.410. The highest BCUT2D eigenvalue weighted by Crippen LogP contribution is 2.32. The molecule has 4 aliphatic heterocycles. The fourth-order valence-corrected chi connectivity index (χ4v) is 6.29. The van der Waals surface area contributed by atoms with Crippen molar-refractivity contribution in [1.29, 1.82) is 0 Å². The topological polar surface area (TPSA) is 120 Å². The molecule has 41 heavy (non-hydrogen) atoms. The van der Waals surface area contributed by atoms with E-state index in [1.807, 2.05) is 26.0 Å². The normalized spacial score (nSPS) is 25.3. The Morgan fingerprint density at radius 2 is 1.71 bits per heavy atom. The summed E-state index contributed by atoms with van der Waals surface area (Å²) < 4.78 is 5.16. The Morgan fingerprint density at radius 1 is 1.02 bits per heavy atom. The van der Waals surface area contributed by atoms with Crippen LogP contribution < -0.4 is 10.2 Å². The number of piperazine rings is 1. The number of hydrogen-bond acceptors (Lipinski definition) is 8. The monoisotopic (exact) mass is 585 g/mol. The number of carbonyl (C=O) groups is 5. The van der Waals surface area contributed by atoms with Gasteiger partial charge in [-0.25, -0.2) is 0 Å². The minimum Gasteiger partial charge on any atom is -0.461 e. The molecule has 220 valence electrons. The van der Waals surface area contributed by atoms with Crippen LogP contribution in [0, 0.1) is 5.92 Å². The number of benzene rings is 1. The second-order valence-electron chi connectivity index (χ2n) is 11.6. The molecule has 0 aromatic heterocycles. The maximum Gasteiger partial charge on any atom is 0.272 e. The van der Waals surface area contributed by atoms with E-state index in [0.717, 1.165) is 37.9 Å². The molecule has 0 spiro atoms. The van der Waals surface area contributed by atoms with E-state index in [9.17, 15) is 24.0 Å². The van der Waals surface area contributed by atoms with Crippen molar-refractivity contribution in [3.8, 4) is 0 Å². The van der Waals surface area contributed by atoms with Crippen molar-refractivity contribution in [3.05, 3.63) is 41.1 Å². The van der Waals surface area contributed by atoms with Gasteiger partial charge in [0, 0.05) is 50.1 Å². The number of ketones is 2. The summed E-state index contributed by atoms with van der Waals surface area (Å²) in [7, 11) is 2.10. The number of likely N-dealkylation sites (tertiary alicyclic amines) is 2. The van der Waals surface area contributed by atoms with E-state index in [2.05, 4.69) is 22.2 Å². The lowest BCUT2D eigenvalue weighted by molar-refractivity contribution is -0.145. The molecule has 1 N–H and O–H groups in total. The van der Waals surface area contributed by atoms with Crippen LogP contribution in [-0.4, -0.2) is 115 Å². The number of rotatable bonds is 7. The fourth-order valence-electron chi connectivity index (χ4n) is 6.10. The van der Waals surface area contributed by atoms with Gasteiger partial charge in [-0.3, -0.25) is 24.0 Å². The predicted octanol–water partition coefficient (Wildman–Crippen LogP) is 1.01. The van der Waals surface area contributed by atoms with E-state index in [1.165, 1.54) is 9.80 Å². The minimum absolute atomic E-state index is 0.0994. The van der Waals surface area contributed by atoms with Crippen LogP contribution in [0.4, 0.5) is 5.69 Å². The van der Waals surface area contributed by atoms with E-state index in [0.29, 0.717) is 18.4 Å². The first-order valence-corrected chi connectivity index (χ1v) is 14.5. The first-order valence-electron chi connectivity index (χ1n) is 14.1. The van der Waals surface area contributed by atoms with Crippen LogP contribution in [0.2, 0.25) is 0 Å². The lowest BCUT2D eigenvalue weighted by Gasteiger charge is -2.34. The van der Waals surface area contributed by atoms with E-state index in [1.54, 1.807) is 12.1 Å². The first-order chi connectivity index (χ1) is 19.5. The number of nitrogens with one attached hydrogen (secondary N) is 1. The molecule has 3 fully saturated rings. The molecule has 0 saturated carbocycles. The van der Waals surface area contributed by atoms with Gasteiger partial charge < -0.3 is 29.7 Å². The SMILES string of the molecule is CC(C)CC(NC(=O)c1ccc(N2CCN(C)CC2)cc1)C(=O)N1CCC2C1C(=O)CN2C(=O)C1OC(Cl)=CC1=O. The van der Waals surface area contributed by atoms with Crippen molar-refractivity contribution in [2.24, 2.45) is 5.92 Å². The summed E-state index contributed by atoms with van der Waals surface area (Å²) in [4.78, 5) is 72.6. The highest BCUT2D eigenvalue weighted by molar-refractivity contribution is 6.32. The van der Waals surface area contributed by atoms with E-state index in [-0.39, 0.29) is 41.8 Å². The molecule has 0 radical (unpaired) electrons. The molecule has 0 bridgehead atoms. The number of amides is 3. The standard InChI is InChI=1S/C29H36ClN5O6/c1-17(2)14-20(31-27(38)18-4-6-19(7-5-18)33-12-10-32(3)11-13-33)28(39)34-9-8-21-25(34)23(37)16-35(21)29(40)26-22(36)15-24(30)41-26/h4-7,15,17,20-21,25-26H,8-14,16H2,1-3H3,(H,31,38). The van der Waals surface area contributed by atoms with Crippen LogP contribution in [0.1, 0.15) is 37.0 Å². The summed E-state index contributed by atoms with van der Waals surface area (Å²) in [5.74, 6) is -2.10. The first kappa shape index (κ1) is 29.1. The molecule has 4 atom stereocenters. The Morgan fingerprint density at radius 3 is 2.32 bits per heavy atom. The van der Waals surface area contributed by atoms with Crippen LogP contribution in [-0.2, 0) is 23.9 Å². The summed E-state index contributed by atoms with van der Waals surface area (Å²) in [6.45, 7) is 7.75. The van der Waals surface area contributed by atoms with Crippen molar-refractivity contribution >= 4 is 46.6 Å². The zero-order chi connectivity index (χ0) is 29.4. The molecule has 1 aromatic rings. The molecule has 4 heterocycles. The van der Waals surface area contributed by atoms with Crippen molar-refractivity contribution in [2.45, 2.75) is 50.9 Å². The number of ether oxygens (including phenoxy) is 1. The highest BCUT2D eigenvalue weighted by atomic mass is 35.5. The zero-order valence-corrected chi connectivity index (χ0v) is 24.3. The van der Waals surface area contributed by atoms with Gasteiger partial charge >= 0.3 is 0 Å². The summed E-state index contributed by atoms with van der Waals surface area (Å²) in [6, 6.07) is 5.16. The van der Waals surface area contributed by atoms with Gasteiger partial charge in [-0.05, 0) is 61.7 Å². The summed E-state index contributed by atoms with van der Waals surface area (Å²) >= 11 is 5.76. The average Bonchev–Trinajstić information content (AvgIpc) is 3.62. The number of carbonyl (C=O) groups excluding carboxylic acids is 5. The predicted molar refractivity (Wildman–Crippen MR) is 151 cm³/mol. The molecule has 0 aliphatic carbocycles. The third-order valence-corrected chi connectivity index (χ3v) is 8.46. The van der Waals surface area contributed by atoms with Crippen molar-refractivity contribution in [3.63, 3.8) is 0 Å². The third-order valence-electron chi connectivity index (χ3n) is 8.27. The van der Waals surface area contributed by atoms with Gasteiger partial charge in [-0.2, -0.15) is 0 Å². The van der Waals surface area contributed by atoms with Crippen LogP contribution >= 0.6 is 11.6 Å². The number of nitrogens with zero attached hydrogens (tertiary/aromatic N) is 4. The third kappa shape index (κ3) is 5.97. The lowest BCUT2D eigenvalue weighted by Crippen LogP contribution is -2.53. The van der Waals surface area contributed by atoms with E-state index >= 15 is 0 Å². The quantitative estimate of drug-likeness (QED) is 0.471. The summed E-state index contributed by atoms with van der Waals surface area (Å²) in [5.41, 5.74) is 1.50. The molecule has 1 aromatic carbocycles. The van der Waals surface area contributed by atoms with Gasteiger partial charge in [-0.15, -0.1) is 0 Å². The molecule has 4 aliphatic rings. The molecule has 11 nitrogen and oxygen atoms in total. The van der Waals surface area contributed by atoms with Gasteiger partial charge in [0.2, 0.25) is 17.8 Å². The largest absolute Gasteiger partial charge is 0.461 e. The second kappa shape index (κ2) is 11.8.